The molecular formula is C20H23FN2O. The Kier molecular flexibility index (Phi) is 5.26. The number of halogens is 1. The minimum Gasteiger partial charge on any atom is -0.345 e. The van der Waals surface area contributed by atoms with E-state index in [0.29, 0.717) is 6.42 Å². The topological polar surface area (TPSA) is 55.1 Å². The van der Waals surface area contributed by atoms with Gasteiger partial charge < -0.3 is 11.1 Å². The van der Waals surface area contributed by atoms with Crippen LogP contribution in [-0.2, 0) is 4.79 Å². The molecule has 0 heterocycles. The maximum atomic E-state index is 13.2. The van der Waals surface area contributed by atoms with E-state index in [-0.39, 0.29) is 29.7 Å². The Bertz CT molecular complexity index is 672. The van der Waals surface area contributed by atoms with E-state index in [9.17, 15) is 9.18 Å². The first-order chi connectivity index (χ1) is 11.6. The van der Waals surface area contributed by atoms with Gasteiger partial charge in [0.1, 0.15) is 5.82 Å². The number of benzene rings is 2. The van der Waals surface area contributed by atoms with Crippen LogP contribution in [0.2, 0.25) is 0 Å². The van der Waals surface area contributed by atoms with Crippen molar-refractivity contribution < 1.29 is 9.18 Å². The summed E-state index contributed by atoms with van der Waals surface area (Å²) in [5, 5.41) is 3.10. The van der Waals surface area contributed by atoms with Gasteiger partial charge in [-0.2, -0.15) is 0 Å². The summed E-state index contributed by atoms with van der Waals surface area (Å²) in [5.74, 6) is -0.0287. The first-order valence-corrected chi connectivity index (χ1v) is 8.49. The Morgan fingerprint density at radius 1 is 1.08 bits per heavy atom. The van der Waals surface area contributed by atoms with Crippen LogP contribution >= 0.6 is 0 Å². The zero-order valence-corrected chi connectivity index (χ0v) is 13.6. The molecule has 0 radical (unpaired) electrons. The summed E-state index contributed by atoms with van der Waals surface area (Å²) in [5.41, 5.74) is 7.92. The van der Waals surface area contributed by atoms with Crippen molar-refractivity contribution in [2.24, 2.45) is 11.7 Å². The summed E-state index contributed by atoms with van der Waals surface area (Å²) in [6.45, 7) is 0. The second kappa shape index (κ2) is 7.58. The molecule has 0 spiro atoms. The molecule has 0 aliphatic heterocycles. The van der Waals surface area contributed by atoms with E-state index in [1.807, 2.05) is 30.3 Å². The minimum absolute atomic E-state index is 0.00414. The summed E-state index contributed by atoms with van der Waals surface area (Å²) >= 11 is 0. The van der Waals surface area contributed by atoms with Gasteiger partial charge in [0.15, 0.2) is 0 Å². The lowest BCUT2D eigenvalue weighted by Gasteiger charge is -2.22. The van der Waals surface area contributed by atoms with Crippen LogP contribution in [0.25, 0.3) is 0 Å². The number of hydrogen-bond donors (Lipinski definition) is 2. The Hall–Kier alpha value is -2.20. The number of nitrogens with two attached hydrogens (primary N) is 1. The van der Waals surface area contributed by atoms with E-state index < -0.39 is 0 Å². The summed E-state index contributed by atoms with van der Waals surface area (Å²) < 4.78 is 13.2. The van der Waals surface area contributed by atoms with Crippen LogP contribution in [0.4, 0.5) is 4.39 Å². The van der Waals surface area contributed by atoms with Crippen molar-refractivity contribution in [1.82, 2.24) is 5.32 Å². The van der Waals surface area contributed by atoms with Crippen molar-refractivity contribution >= 4 is 5.91 Å². The van der Waals surface area contributed by atoms with Gasteiger partial charge in [0.05, 0.1) is 6.04 Å². The largest absolute Gasteiger partial charge is 0.345 e. The smallest absolute Gasteiger partial charge is 0.221 e. The average molecular weight is 326 g/mol. The molecule has 1 fully saturated rings. The monoisotopic (exact) mass is 326 g/mol. The molecule has 1 aliphatic rings. The molecule has 1 saturated carbocycles. The second-order valence-corrected chi connectivity index (χ2v) is 6.52. The van der Waals surface area contributed by atoms with Crippen LogP contribution in [0.1, 0.15) is 42.9 Å². The Morgan fingerprint density at radius 2 is 1.75 bits per heavy atom. The standard InChI is InChI=1S/C20H23FN2O/c21-17-11-9-15(10-12-17)20(14-5-2-1-3-6-14)23-19(24)13-16-7-4-8-18(16)22/h1-3,5-6,9-12,16,18,20H,4,7-8,13,22H2,(H,23,24)/t16-,18+,20?/m0/s1. The lowest BCUT2D eigenvalue weighted by molar-refractivity contribution is -0.122. The van der Waals surface area contributed by atoms with Gasteiger partial charge in [-0.1, -0.05) is 48.9 Å². The number of rotatable bonds is 5. The SMILES string of the molecule is N[C@@H]1CCC[C@H]1CC(=O)NC(c1ccccc1)c1ccc(F)cc1. The summed E-state index contributed by atoms with van der Waals surface area (Å²) in [7, 11) is 0. The molecule has 3 nitrogen and oxygen atoms in total. The van der Waals surface area contributed by atoms with Crippen LogP contribution < -0.4 is 11.1 Å². The van der Waals surface area contributed by atoms with Crippen LogP contribution in [0.15, 0.2) is 54.6 Å². The molecule has 3 N–H and O–H groups in total. The van der Waals surface area contributed by atoms with E-state index in [1.165, 1.54) is 12.1 Å². The Morgan fingerprint density at radius 3 is 2.38 bits per heavy atom. The summed E-state index contributed by atoms with van der Waals surface area (Å²) in [4.78, 5) is 12.5. The number of carbonyl (C=O) groups is 1. The Labute approximate surface area is 142 Å². The van der Waals surface area contributed by atoms with E-state index in [4.69, 9.17) is 5.73 Å². The molecule has 4 heteroatoms. The van der Waals surface area contributed by atoms with Gasteiger partial charge in [-0.3, -0.25) is 4.79 Å². The van der Waals surface area contributed by atoms with Crippen molar-refractivity contribution in [2.45, 2.75) is 37.8 Å². The quantitative estimate of drug-likeness (QED) is 0.883. The molecule has 3 rings (SSSR count). The average Bonchev–Trinajstić information content (AvgIpc) is 2.99. The lowest BCUT2D eigenvalue weighted by atomic mass is 9.96. The van der Waals surface area contributed by atoms with Crippen LogP contribution in [0.5, 0.6) is 0 Å². The molecular weight excluding hydrogens is 303 g/mol. The Balaban J connectivity index is 1.77. The molecule has 126 valence electrons. The van der Waals surface area contributed by atoms with Gasteiger partial charge >= 0.3 is 0 Å². The van der Waals surface area contributed by atoms with Gasteiger partial charge in [0.2, 0.25) is 5.91 Å². The lowest BCUT2D eigenvalue weighted by Crippen LogP contribution is -2.34. The van der Waals surface area contributed by atoms with Crippen LogP contribution in [0.3, 0.4) is 0 Å². The molecule has 0 saturated heterocycles. The van der Waals surface area contributed by atoms with Gasteiger partial charge in [-0.05, 0) is 42.0 Å². The van der Waals surface area contributed by atoms with E-state index in [1.54, 1.807) is 12.1 Å². The van der Waals surface area contributed by atoms with Gasteiger partial charge in [-0.25, -0.2) is 4.39 Å². The van der Waals surface area contributed by atoms with Crippen molar-refractivity contribution in [2.75, 3.05) is 0 Å². The van der Waals surface area contributed by atoms with Crippen molar-refractivity contribution in [3.63, 3.8) is 0 Å². The normalized spacial score (nSPS) is 21.4. The highest BCUT2D eigenvalue weighted by Crippen LogP contribution is 2.28. The van der Waals surface area contributed by atoms with Gasteiger partial charge in [-0.15, -0.1) is 0 Å². The maximum Gasteiger partial charge on any atom is 0.221 e. The molecule has 1 aliphatic carbocycles. The summed E-state index contributed by atoms with van der Waals surface area (Å²) in [6, 6.07) is 15.9. The molecule has 3 atom stereocenters. The van der Waals surface area contributed by atoms with Crippen molar-refractivity contribution in [3.05, 3.63) is 71.5 Å². The predicted molar refractivity (Wildman–Crippen MR) is 92.8 cm³/mol. The third-order valence-corrected chi connectivity index (χ3v) is 4.81. The van der Waals surface area contributed by atoms with Crippen molar-refractivity contribution in [1.29, 1.82) is 0 Å². The van der Waals surface area contributed by atoms with E-state index in [2.05, 4.69) is 5.32 Å². The van der Waals surface area contributed by atoms with Crippen molar-refractivity contribution in [3.8, 4) is 0 Å². The fourth-order valence-electron chi connectivity index (χ4n) is 3.44. The zero-order valence-electron chi connectivity index (χ0n) is 13.6. The van der Waals surface area contributed by atoms with Gasteiger partial charge in [0, 0.05) is 12.5 Å². The highest BCUT2D eigenvalue weighted by Gasteiger charge is 2.27. The molecule has 1 amide bonds. The van der Waals surface area contributed by atoms with Gasteiger partial charge in [0.25, 0.3) is 0 Å². The first kappa shape index (κ1) is 16.7. The molecule has 2 aromatic carbocycles. The minimum atomic E-state index is -0.284. The fourth-order valence-corrected chi connectivity index (χ4v) is 3.44. The second-order valence-electron chi connectivity index (χ2n) is 6.52. The predicted octanol–water partition coefficient (Wildman–Crippen LogP) is 3.55. The molecule has 24 heavy (non-hydrogen) atoms. The summed E-state index contributed by atoms with van der Waals surface area (Å²) in [6.07, 6.45) is 3.56. The molecule has 0 bridgehead atoms. The third kappa shape index (κ3) is 4.01. The van der Waals surface area contributed by atoms with E-state index >= 15 is 0 Å². The number of nitrogens with one attached hydrogen (secondary N) is 1. The highest BCUT2D eigenvalue weighted by atomic mass is 19.1. The molecule has 1 unspecified atom stereocenters. The van der Waals surface area contributed by atoms with Crippen LogP contribution in [0, 0.1) is 11.7 Å². The number of hydrogen-bond acceptors (Lipinski definition) is 2. The zero-order chi connectivity index (χ0) is 16.9. The van der Waals surface area contributed by atoms with E-state index in [0.717, 1.165) is 30.4 Å². The number of amides is 1. The number of carbonyl (C=O) groups excluding carboxylic acids is 1. The molecule has 2 aromatic rings. The molecule has 0 aromatic heterocycles. The highest BCUT2D eigenvalue weighted by molar-refractivity contribution is 5.77. The fraction of sp³-hybridized carbons (Fsp3) is 0.350. The maximum absolute atomic E-state index is 13.2. The third-order valence-electron chi connectivity index (χ3n) is 4.81. The van der Waals surface area contributed by atoms with Crippen LogP contribution in [-0.4, -0.2) is 11.9 Å². The first-order valence-electron chi connectivity index (χ1n) is 8.49.